The summed E-state index contributed by atoms with van der Waals surface area (Å²) in [7, 11) is 0. The van der Waals surface area contributed by atoms with Gasteiger partial charge in [-0.2, -0.15) is 0 Å². The molecule has 2 heterocycles. The van der Waals surface area contributed by atoms with Crippen LogP contribution in [0.5, 0.6) is 0 Å². The largest absolute Gasteiger partial charge is 0.455 e. The number of furan rings is 1. The lowest BCUT2D eigenvalue weighted by Gasteiger charge is -2.25. The highest BCUT2D eigenvalue weighted by atomic mass is 16.3. The molecule has 3 heteroatoms. The van der Waals surface area contributed by atoms with E-state index in [0.29, 0.717) is 5.82 Å². The Hall–Kier alpha value is -7.36. The lowest BCUT2D eigenvalue weighted by molar-refractivity contribution is 0.662. The van der Waals surface area contributed by atoms with Crippen molar-refractivity contribution in [3.8, 4) is 78.4 Å². The highest BCUT2D eigenvalue weighted by molar-refractivity contribution is 6.10. The van der Waals surface area contributed by atoms with E-state index < -0.39 is 0 Å². The predicted octanol–water partition coefficient (Wildman–Crippen LogP) is 14.7. The maximum Gasteiger partial charge on any atom is 0.160 e. The van der Waals surface area contributed by atoms with Crippen LogP contribution in [0.4, 0.5) is 0 Å². The molecule has 8 aromatic carbocycles. The lowest BCUT2D eigenvalue weighted by atomic mass is 9.78. The number of para-hydroxylation sites is 2. The smallest absolute Gasteiger partial charge is 0.160 e. The zero-order valence-electron chi connectivity index (χ0n) is 32.3. The third kappa shape index (κ3) is 5.50. The molecular weight excluding hydrogens is 705 g/mol. The van der Waals surface area contributed by atoms with E-state index in [0.717, 1.165) is 77.8 Å². The standard InChI is InChI=1S/C55H38N2O/c1-55(2)48-29-13-11-22-42(48)46-27-16-26-45(52(46)55)41-21-9-10-23-43(41)50-34-49(56-54(57-50)36-19-7-4-8-20-36)39-32-37(35-17-5-3-6-18-35)31-38(33-39)40-25-15-28-47-44-24-12-14-30-51(44)58-53(40)47/h3-34H,1-2H3. The highest BCUT2D eigenvalue weighted by Gasteiger charge is 2.37. The van der Waals surface area contributed by atoms with Gasteiger partial charge >= 0.3 is 0 Å². The summed E-state index contributed by atoms with van der Waals surface area (Å²) in [6.07, 6.45) is 0. The molecule has 274 valence electrons. The molecule has 58 heavy (non-hydrogen) atoms. The minimum absolute atomic E-state index is 0.168. The molecule has 0 aliphatic heterocycles. The van der Waals surface area contributed by atoms with Gasteiger partial charge in [-0.25, -0.2) is 9.97 Å². The summed E-state index contributed by atoms with van der Waals surface area (Å²) in [6, 6.07) is 68.8. The Morgan fingerprint density at radius 2 is 0.931 bits per heavy atom. The Morgan fingerprint density at radius 3 is 1.74 bits per heavy atom. The summed E-state index contributed by atoms with van der Waals surface area (Å²) in [5.74, 6) is 0.681. The molecule has 2 aromatic heterocycles. The highest BCUT2D eigenvalue weighted by Crippen LogP contribution is 2.53. The van der Waals surface area contributed by atoms with Crippen LogP contribution in [0.15, 0.2) is 199 Å². The SMILES string of the molecule is CC1(C)c2ccccc2-c2cccc(-c3ccccc3-c3cc(-c4cc(-c5ccccc5)cc(-c5cccc6c5oc5ccccc56)c4)nc(-c4ccccc4)n3)c21. The van der Waals surface area contributed by atoms with Crippen molar-refractivity contribution in [3.05, 3.63) is 205 Å². The predicted molar refractivity (Wildman–Crippen MR) is 239 cm³/mol. The van der Waals surface area contributed by atoms with E-state index in [2.05, 4.69) is 178 Å². The minimum Gasteiger partial charge on any atom is -0.455 e. The van der Waals surface area contributed by atoms with Crippen LogP contribution in [0, 0.1) is 0 Å². The lowest BCUT2D eigenvalue weighted by Crippen LogP contribution is -2.16. The zero-order valence-corrected chi connectivity index (χ0v) is 32.3. The second-order valence-electron chi connectivity index (χ2n) is 15.7. The third-order valence-electron chi connectivity index (χ3n) is 11.9. The Kier molecular flexibility index (Phi) is 7.84. The summed E-state index contributed by atoms with van der Waals surface area (Å²) in [6.45, 7) is 4.70. The molecule has 0 saturated carbocycles. The number of benzene rings is 8. The molecule has 11 rings (SSSR count). The van der Waals surface area contributed by atoms with E-state index in [4.69, 9.17) is 14.4 Å². The van der Waals surface area contributed by atoms with E-state index in [9.17, 15) is 0 Å². The summed E-state index contributed by atoms with van der Waals surface area (Å²) in [5, 5.41) is 2.22. The average molecular weight is 743 g/mol. The second-order valence-corrected chi connectivity index (χ2v) is 15.7. The number of fused-ring (bicyclic) bond motifs is 6. The molecule has 0 radical (unpaired) electrons. The van der Waals surface area contributed by atoms with Crippen molar-refractivity contribution in [1.82, 2.24) is 9.97 Å². The quantitative estimate of drug-likeness (QED) is 0.170. The molecule has 0 N–H and O–H groups in total. The van der Waals surface area contributed by atoms with Gasteiger partial charge in [0, 0.05) is 38.4 Å². The molecule has 3 nitrogen and oxygen atoms in total. The normalized spacial score (nSPS) is 12.8. The van der Waals surface area contributed by atoms with Gasteiger partial charge in [0.15, 0.2) is 5.82 Å². The van der Waals surface area contributed by atoms with Crippen molar-refractivity contribution in [2.24, 2.45) is 0 Å². The Morgan fingerprint density at radius 1 is 0.379 bits per heavy atom. The van der Waals surface area contributed by atoms with Crippen LogP contribution in [-0.2, 0) is 5.41 Å². The van der Waals surface area contributed by atoms with E-state index in [1.54, 1.807) is 0 Å². The summed E-state index contributed by atoms with van der Waals surface area (Å²) >= 11 is 0. The van der Waals surface area contributed by atoms with Crippen molar-refractivity contribution in [2.75, 3.05) is 0 Å². The summed E-state index contributed by atoms with van der Waals surface area (Å²) in [5.41, 5.74) is 18.4. The first-order valence-corrected chi connectivity index (χ1v) is 19.9. The molecular formula is C55H38N2O. The fourth-order valence-electron chi connectivity index (χ4n) is 9.17. The number of nitrogens with zero attached hydrogens (tertiary/aromatic N) is 2. The van der Waals surface area contributed by atoms with Gasteiger partial charge in [-0.15, -0.1) is 0 Å². The fraction of sp³-hybridized carbons (Fsp3) is 0.0545. The molecule has 0 unspecified atom stereocenters. The van der Waals surface area contributed by atoms with Crippen LogP contribution in [-0.4, -0.2) is 9.97 Å². The molecule has 1 aliphatic rings. The summed E-state index contributed by atoms with van der Waals surface area (Å²) in [4.78, 5) is 10.7. The molecule has 0 bridgehead atoms. The van der Waals surface area contributed by atoms with Gasteiger partial charge in [0.2, 0.25) is 0 Å². The van der Waals surface area contributed by atoms with Crippen LogP contribution in [0.2, 0.25) is 0 Å². The molecule has 0 fully saturated rings. The number of aromatic nitrogens is 2. The Labute approximate surface area is 338 Å². The monoisotopic (exact) mass is 742 g/mol. The van der Waals surface area contributed by atoms with Crippen LogP contribution in [0.1, 0.15) is 25.0 Å². The molecule has 10 aromatic rings. The van der Waals surface area contributed by atoms with E-state index in [1.165, 1.54) is 27.8 Å². The van der Waals surface area contributed by atoms with Crippen LogP contribution in [0.25, 0.3) is 100 Å². The van der Waals surface area contributed by atoms with E-state index in [-0.39, 0.29) is 5.41 Å². The van der Waals surface area contributed by atoms with Gasteiger partial charge in [-0.1, -0.05) is 178 Å². The van der Waals surface area contributed by atoms with Crippen molar-refractivity contribution in [2.45, 2.75) is 19.3 Å². The second kappa shape index (κ2) is 13.4. The van der Waals surface area contributed by atoms with Gasteiger partial charge in [0.25, 0.3) is 0 Å². The van der Waals surface area contributed by atoms with Gasteiger partial charge < -0.3 is 4.42 Å². The minimum atomic E-state index is -0.168. The molecule has 0 spiro atoms. The number of hydrogen-bond donors (Lipinski definition) is 0. The first-order valence-electron chi connectivity index (χ1n) is 19.9. The maximum absolute atomic E-state index is 6.58. The maximum atomic E-state index is 6.58. The van der Waals surface area contributed by atoms with Crippen molar-refractivity contribution < 1.29 is 4.42 Å². The number of rotatable bonds is 6. The molecule has 0 amide bonds. The van der Waals surface area contributed by atoms with E-state index >= 15 is 0 Å². The van der Waals surface area contributed by atoms with Gasteiger partial charge in [-0.05, 0) is 80.4 Å². The average Bonchev–Trinajstić information content (AvgIpc) is 3.79. The van der Waals surface area contributed by atoms with Crippen molar-refractivity contribution >= 4 is 21.9 Å². The van der Waals surface area contributed by atoms with E-state index in [1.807, 2.05) is 30.3 Å². The first-order chi connectivity index (χ1) is 28.5. The third-order valence-corrected chi connectivity index (χ3v) is 11.9. The first kappa shape index (κ1) is 33.9. The van der Waals surface area contributed by atoms with Crippen molar-refractivity contribution in [1.29, 1.82) is 0 Å². The summed E-state index contributed by atoms with van der Waals surface area (Å²) < 4.78 is 6.58. The van der Waals surface area contributed by atoms with Gasteiger partial charge in [-0.3, -0.25) is 0 Å². The Balaban J connectivity index is 1.14. The zero-order chi connectivity index (χ0) is 38.8. The topological polar surface area (TPSA) is 38.9 Å². The van der Waals surface area contributed by atoms with Crippen LogP contribution >= 0.6 is 0 Å². The molecule has 1 aliphatic carbocycles. The van der Waals surface area contributed by atoms with Gasteiger partial charge in [0.05, 0.1) is 11.4 Å². The molecule has 0 saturated heterocycles. The van der Waals surface area contributed by atoms with Gasteiger partial charge in [0.1, 0.15) is 11.2 Å². The number of hydrogen-bond acceptors (Lipinski definition) is 3. The van der Waals surface area contributed by atoms with Crippen LogP contribution < -0.4 is 0 Å². The van der Waals surface area contributed by atoms with Crippen LogP contribution in [0.3, 0.4) is 0 Å². The molecule has 0 atom stereocenters. The van der Waals surface area contributed by atoms with Crippen molar-refractivity contribution in [3.63, 3.8) is 0 Å². The fourth-order valence-corrected chi connectivity index (χ4v) is 9.17. The Bertz CT molecular complexity index is 3190.